The Morgan fingerprint density at radius 3 is 2.46 bits per heavy atom. The number of benzene rings is 1. The number of aryl methyl sites for hydroxylation is 2. The van der Waals surface area contributed by atoms with Crippen LogP contribution in [-0.4, -0.2) is 15.9 Å². The summed E-state index contributed by atoms with van der Waals surface area (Å²) in [6, 6.07) is 8.62. The minimum absolute atomic E-state index is 0.0820. The summed E-state index contributed by atoms with van der Waals surface area (Å²) in [5.74, 6) is -0.441. The quantitative estimate of drug-likeness (QED) is 0.355. The lowest BCUT2D eigenvalue weighted by Gasteiger charge is -2.05. The summed E-state index contributed by atoms with van der Waals surface area (Å²) < 4.78 is 23.3. The van der Waals surface area contributed by atoms with Gasteiger partial charge in [0, 0.05) is 17.5 Å². The summed E-state index contributed by atoms with van der Waals surface area (Å²) >= 11 is 1.34. The molecule has 0 aliphatic rings. The normalized spacial score (nSPS) is 10.7. The molecule has 0 N–H and O–H groups in total. The van der Waals surface area contributed by atoms with Crippen molar-refractivity contribution in [1.29, 1.82) is 0 Å². The highest BCUT2D eigenvalue weighted by Crippen LogP contribution is 2.20. The molecule has 144 valence electrons. The molecule has 3 aromatic rings. The maximum absolute atomic E-state index is 12.9. The Morgan fingerprint density at radius 1 is 1.14 bits per heavy atom. The minimum atomic E-state index is -0.635. The number of thioether (sulfide) groups is 1. The highest BCUT2D eigenvalue weighted by molar-refractivity contribution is 7.98. The van der Waals surface area contributed by atoms with Crippen molar-refractivity contribution < 1.29 is 18.3 Å². The van der Waals surface area contributed by atoms with Crippen molar-refractivity contribution in [3.05, 3.63) is 81.4 Å². The predicted octanol–water partition coefficient (Wildman–Crippen LogP) is 3.63. The molecule has 2 aromatic heterocycles. The van der Waals surface area contributed by atoms with Crippen LogP contribution >= 0.6 is 11.8 Å². The van der Waals surface area contributed by atoms with Crippen LogP contribution in [0, 0.1) is 19.7 Å². The van der Waals surface area contributed by atoms with Gasteiger partial charge in [0.05, 0.1) is 12.2 Å². The summed E-state index contributed by atoms with van der Waals surface area (Å²) in [5, 5.41) is 0.593. The third kappa shape index (κ3) is 5.50. The fraction of sp³-hybridized carbons (Fsp3) is 0.200. The van der Waals surface area contributed by atoms with E-state index in [1.807, 2.05) is 19.9 Å². The van der Waals surface area contributed by atoms with Gasteiger partial charge in [-0.2, -0.15) is 0 Å². The van der Waals surface area contributed by atoms with Crippen molar-refractivity contribution in [3.63, 3.8) is 0 Å². The van der Waals surface area contributed by atoms with E-state index in [2.05, 4.69) is 9.97 Å². The van der Waals surface area contributed by atoms with Crippen LogP contribution in [0.4, 0.5) is 4.39 Å². The molecule has 8 heteroatoms. The van der Waals surface area contributed by atoms with Crippen molar-refractivity contribution in [1.82, 2.24) is 9.97 Å². The van der Waals surface area contributed by atoms with E-state index in [1.54, 1.807) is 0 Å². The van der Waals surface area contributed by atoms with E-state index in [9.17, 15) is 14.0 Å². The Labute approximate surface area is 164 Å². The topological polar surface area (TPSA) is 82.3 Å². The molecule has 3 rings (SSSR count). The van der Waals surface area contributed by atoms with Gasteiger partial charge in [-0.15, -0.1) is 0 Å². The molecule has 0 atom stereocenters. The number of ether oxygens (including phenoxy) is 1. The van der Waals surface area contributed by atoms with Crippen LogP contribution in [0.15, 0.2) is 57.0 Å². The first-order valence-electron chi connectivity index (χ1n) is 8.41. The van der Waals surface area contributed by atoms with E-state index in [0.717, 1.165) is 17.7 Å². The van der Waals surface area contributed by atoms with Crippen LogP contribution in [0.25, 0.3) is 0 Å². The average molecular weight is 400 g/mol. The number of aromatic nitrogens is 2. The number of nitrogens with zero attached hydrogens (tertiary/aromatic N) is 2. The minimum Gasteiger partial charge on any atom is -0.464 e. The number of carbonyl (C=O) groups excluding carboxylic acids is 1. The number of halogens is 1. The van der Waals surface area contributed by atoms with Gasteiger partial charge in [-0.1, -0.05) is 23.9 Å². The number of hydrogen-bond donors (Lipinski definition) is 0. The number of hydrogen-bond acceptors (Lipinski definition) is 7. The van der Waals surface area contributed by atoms with Gasteiger partial charge in [0.25, 0.3) is 0 Å². The predicted molar refractivity (Wildman–Crippen MR) is 102 cm³/mol. The van der Waals surface area contributed by atoms with Gasteiger partial charge in [0.1, 0.15) is 17.8 Å². The van der Waals surface area contributed by atoms with E-state index in [-0.39, 0.29) is 12.2 Å². The zero-order valence-electron chi connectivity index (χ0n) is 15.3. The third-order valence-electron chi connectivity index (χ3n) is 3.64. The molecule has 0 radical (unpaired) electrons. The van der Waals surface area contributed by atoms with Gasteiger partial charge in [-0.25, -0.2) is 14.4 Å². The molecular formula is C20H17FN2O4S. The SMILES string of the molecule is Cc1cc(C)nc(SCc2cc(=O)c(OC(=O)Cc3ccc(F)cc3)co2)n1. The lowest BCUT2D eigenvalue weighted by atomic mass is 10.1. The first kappa shape index (κ1) is 19.8. The second-order valence-electron chi connectivity index (χ2n) is 6.07. The molecule has 0 unspecified atom stereocenters. The van der Waals surface area contributed by atoms with Crippen LogP contribution in [0.2, 0.25) is 0 Å². The molecule has 0 aliphatic heterocycles. The van der Waals surface area contributed by atoms with Gasteiger partial charge >= 0.3 is 5.97 Å². The summed E-state index contributed by atoms with van der Waals surface area (Å²) in [7, 11) is 0. The van der Waals surface area contributed by atoms with E-state index in [1.165, 1.54) is 42.1 Å². The molecule has 0 aliphatic carbocycles. The fourth-order valence-corrected chi connectivity index (χ4v) is 3.25. The molecule has 0 fully saturated rings. The first-order valence-corrected chi connectivity index (χ1v) is 9.39. The molecule has 0 saturated heterocycles. The Hall–Kier alpha value is -3.00. The first-order chi connectivity index (χ1) is 13.4. The zero-order valence-corrected chi connectivity index (χ0v) is 16.1. The van der Waals surface area contributed by atoms with Gasteiger partial charge in [0.15, 0.2) is 5.16 Å². The van der Waals surface area contributed by atoms with E-state index < -0.39 is 17.2 Å². The van der Waals surface area contributed by atoms with Crippen molar-refractivity contribution in [2.24, 2.45) is 0 Å². The molecule has 2 heterocycles. The van der Waals surface area contributed by atoms with Crippen molar-refractivity contribution >= 4 is 17.7 Å². The third-order valence-corrected chi connectivity index (χ3v) is 4.51. The zero-order chi connectivity index (χ0) is 20.1. The highest BCUT2D eigenvalue weighted by atomic mass is 32.2. The average Bonchev–Trinajstić information content (AvgIpc) is 2.63. The maximum atomic E-state index is 12.9. The van der Waals surface area contributed by atoms with Gasteiger partial charge in [-0.05, 0) is 37.6 Å². The van der Waals surface area contributed by atoms with Crippen LogP contribution in [-0.2, 0) is 17.0 Å². The summed E-state index contributed by atoms with van der Waals surface area (Å²) in [6.45, 7) is 3.77. The molecule has 0 spiro atoms. The monoisotopic (exact) mass is 400 g/mol. The molecule has 28 heavy (non-hydrogen) atoms. The molecule has 0 amide bonds. The molecule has 0 bridgehead atoms. The van der Waals surface area contributed by atoms with Crippen molar-refractivity contribution in [2.45, 2.75) is 31.2 Å². The molecule has 1 aromatic carbocycles. The lowest BCUT2D eigenvalue weighted by molar-refractivity contribution is -0.133. The molecular weight excluding hydrogens is 383 g/mol. The van der Waals surface area contributed by atoms with Gasteiger partial charge in [0.2, 0.25) is 11.2 Å². The molecule has 0 saturated carbocycles. The Bertz CT molecular complexity index is 1030. The lowest BCUT2D eigenvalue weighted by Crippen LogP contribution is -2.16. The summed E-state index contributed by atoms with van der Waals surface area (Å²) in [5.41, 5.74) is 1.84. The van der Waals surface area contributed by atoms with Crippen LogP contribution in [0.3, 0.4) is 0 Å². The number of esters is 1. The van der Waals surface area contributed by atoms with Crippen molar-refractivity contribution in [3.8, 4) is 5.75 Å². The Morgan fingerprint density at radius 2 is 1.82 bits per heavy atom. The Balaban J connectivity index is 1.61. The summed E-state index contributed by atoms with van der Waals surface area (Å²) in [4.78, 5) is 32.8. The Kier molecular flexibility index (Phi) is 6.20. The van der Waals surface area contributed by atoms with Gasteiger partial charge < -0.3 is 9.15 Å². The van der Waals surface area contributed by atoms with Crippen molar-refractivity contribution in [2.75, 3.05) is 0 Å². The highest BCUT2D eigenvalue weighted by Gasteiger charge is 2.12. The van der Waals surface area contributed by atoms with Crippen LogP contribution in [0.5, 0.6) is 5.75 Å². The maximum Gasteiger partial charge on any atom is 0.315 e. The van der Waals surface area contributed by atoms with E-state index in [0.29, 0.717) is 22.2 Å². The van der Waals surface area contributed by atoms with E-state index >= 15 is 0 Å². The fourth-order valence-electron chi connectivity index (χ4n) is 2.41. The van der Waals surface area contributed by atoms with Crippen LogP contribution < -0.4 is 10.2 Å². The van der Waals surface area contributed by atoms with E-state index in [4.69, 9.17) is 9.15 Å². The number of carbonyl (C=O) groups is 1. The summed E-state index contributed by atoms with van der Waals surface area (Å²) in [6.07, 6.45) is 1.03. The van der Waals surface area contributed by atoms with Crippen LogP contribution in [0.1, 0.15) is 22.7 Å². The number of rotatable bonds is 6. The standard InChI is InChI=1S/C20H17FN2O4S/c1-12-7-13(2)23-20(22-12)28-11-16-9-17(24)18(10-26-16)27-19(25)8-14-3-5-15(21)6-4-14/h3-7,9-10H,8,11H2,1-2H3. The second-order valence-corrected chi connectivity index (χ2v) is 7.02. The largest absolute Gasteiger partial charge is 0.464 e. The smallest absolute Gasteiger partial charge is 0.315 e. The molecule has 6 nitrogen and oxygen atoms in total. The van der Waals surface area contributed by atoms with Gasteiger partial charge in [-0.3, -0.25) is 9.59 Å². The second kappa shape index (κ2) is 8.79.